The highest BCUT2D eigenvalue weighted by Gasteiger charge is 2.10. The minimum Gasteiger partial charge on any atom is -0.399 e. The molecule has 17 heavy (non-hydrogen) atoms. The lowest BCUT2D eigenvalue weighted by Gasteiger charge is -2.25. The van der Waals surface area contributed by atoms with Gasteiger partial charge in [0.1, 0.15) is 0 Å². The lowest BCUT2D eigenvalue weighted by molar-refractivity contribution is 0.209. The summed E-state index contributed by atoms with van der Waals surface area (Å²) in [5.74, 6) is 1.35. The molecule has 0 spiro atoms. The summed E-state index contributed by atoms with van der Waals surface area (Å²) in [5.41, 5.74) is 7.64. The predicted octanol–water partition coefficient (Wildman–Crippen LogP) is 2.78. The van der Waals surface area contributed by atoms with Crippen molar-refractivity contribution < 1.29 is 0 Å². The van der Waals surface area contributed by atoms with Gasteiger partial charge < -0.3 is 5.73 Å². The molecule has 1 aromatic heterocycles. The summed E-state index contributed by atoms with van der Waals surface area (Å²) in [4.78, 5) is 6.83. The van der Waals surface area contributed by atoms with Crippen LogP contribution in [0.3, 0.4) is 0 Å². The first kappa shape index (κ1) is 14.0. The Morgan fingerprint density at radius 3 is 2.24 bits per heavy atom. The van der Waals surface area contributed by atoms with Crippen LogP contribution in [-0.4, -0.2) is 23.0 Å². The van der Waals surface area contributed by atoms with Gasteiger partial charge in [-0.2, -0.15) is 0 Å². The fourth-order valence-electron chi connectivity index (χ4n) is 2.05. The van der Waals surface area contributed by atoms with E-state index in [4.69, 9.17) is 5.73 Å². The zero-order valence-corrected chi connectivity index (χ0v) is 11.5. The van der Waals surface area contributed by atoms with E-state index in [1.807, 2.05) is 12.1 Å². The number of nitrogens with zero attached hydrogens (tertiary/aromatic N) is 2. The van der Waals surface area contributed by atoms with E-state index in [1.165, 1.54) is 0 Å². The third kappa shape index (κ3) is 5.68. The molecule has 0 aliphatic heterocycles. The Kier molecular flexibility index (Phi) is 5.42. The molecule has 0 bridgehead atoms. The predicted molar refractivity (Wildman–Crippen MR) is 73.6 cm³/mol. The van der Waals surface area contributed by atoms with Crippen LogP contribution in [0.5, 0.6) is 0 Å². The number of hydrogen-bond acceptors (Lipinski definition) is 3. The van der Waals surface area contributed by atoms with Gasteiger partial charge in [-0.1, -0.05) is 27.7 Å². The van der Waals surface area contributed by atoms with Crippen molar-refractivity contribution in [1.29, 1.82) is 0 Å². The fourth-order valence-corrected chi connectivity index (χ4v) is 2.05. The molecule has 0 aliphatic carbocycles. The van der Waals surface area contributed by atoms with Crippen molar-refractivity contribution in [1.82, 2.24) is 9.88 Å². The minimum absolute atomic E-state index is 0.676. The van der Waals surface area contributed by atoms with Gasteiger partial charge in [-0.25, -0.2) is 0 Å². The van der Waals surface area contributed by atoms with Crippen LogP contribution < -0.4 is 5.73 Å². The van der Waals surface area contributed by atoms with Crippen molar-refractivity contribution in [3.63, 3.8) is 0 Å². The van der Waals surface area contributed by atoms with Gasteiger partial charge >= 0.3 is 0 Å². The molecular formula is C14H25N3. The summed E-state index contributed by atoms with van der Waals surface area (Å²) in [6.45, 7) is 12.1. The third-order valence-electron chi connectivity index (χ3n) is 2.47. The van der Waals surface area contributed by atoms with Gasteiger partial charge in [0.15, 0.2) is 0 Å². The van der Waals surface area contributed by atoms with E-state index in [0.717, 1.165) is 31.0 Å². The van der Waals surface area contributed by atoms with E-state index in [-0.39, 0.29) is 0 Å². The maximum atomic E-state index is 5.78. The van der Waals surface area contributed by atoms with Gasteiger partial charge in [0, 0.05) is 31.5 Å². The topological polar surface area (TPSA) is 42.1 Å². The molecule has 0 aliphatic rings. The SMILES string of the molecule is CC(C)CN(Cc1cc(N)ccn1)CC(C)C. The van der Waals surface area contributed by atoms with Crippen LogP contribution in [0.2, 0.25) is 0 Å². The first-order valence-corrected chi connectivity index (χ1v) is 6.40. The second-order valence-corrected chi connectivity index (χ2v) is 5.56. The van der Waals surface area contributed by atoms with Crippen molar-refractivity contribution in [2.24, 2.45) is 11.8 Å². The summed E-state index contributed by atoms with van der Waals surface area (Å²) < 4.78 is 0. The fraction of sp³-hybridized carbons (Fsp3) is 0.643. The molecule has 3 heteroatoms. The van der Waals surface area contributed by atoms with Crippen molar-refractivity contribution in [3.05, 3.63) is 24.0 Å². The molecule has 0 atom stereocenters. The standard InChI is InChI=1S/C14H25N3/c1-11(2)8-17(9-12(3)4)10-14-7-13(15)5-6-16-14/h5-7,11-12H,8-10H2,1-4H3,(H2,15,16). The number of pyridine rings is 1. The van der Waals surface area contributed by atoms with Gasteiger partial charge in [0.2, 0.25) is 0 Å². The second kappa shape index (κ2) is 6.60. The van der Waals surface area contributed by atoms with Crippen molar-refractivity contribution in [2.45, 2.75) is 34.2 Å². The highest BCUT2D eigenvalue weighted by atomic mass is 15.1. The molecule has 0 saturated carbocycles. The average molecular weight is 235 g/mol. The van der Waals surface area contributed by atoms with Gasteiger partial charge in [-0.05, 0) is 24.0 Å². The highest BCUT2D eigenvalue weighted by Crippen LogP contribution is 2.10. The zero-order valence-electron chi connectivity index (χ0n) is 11.5. The van der Waals surface area contributed by atoms with Crippen LogP contribution in [-0.2, 0) is 6.54 Å². The number of rotatable bonds is 6. The molecule has 3 nitrogen and oxygen atoms in total. The van der Waals surface area contributed by atoms with E-state index in [0.29, 0.717) is 11.8 Å². The van der Waals surface area contributed by atoms with E-state index in [2.05, 4.69) is 37.6 Å². The molecule has 0 unspecified atom stereocenters. The summed E-state index contributed by atoms with van der Waals surface area (Å²) in [6.07, 6.45) is 1.79. The quantitative estimate of drug-likeness (QED) is 0.824. The van der Waals surface area contributed by atoms with Crippen LogP contribution >= 0.6 is 0 Å². The molecular weight excluding hydrogens is 210 g/mol. The smallest absolute Gasteiger partial charge is 0.0564 e. The molecule has 0 amide bonds. The lowest BCUT2D eigenvalue weighted by Crippen LogP contribution is -2.31. The maximum Gasteiger partial charge on any atom is 0.0564 e. The maximum absolute atomic E-state index is 5.78. The number of hydrogen-bond donors (Lipinski definition) is 1. The van der Waals surface area contributed by atoms with E-state index >= 15 is 0 Å². The van der Waals surface area contributed by atoms with Crippen LogP contribution in [0.15, 0.2) is 18.3 Å². The van der Waals surface area contributed by atoms with E-state index < -0.39 is 0 Å². The molecule has 0 saturated heterocycles. The second-order valence-electron chi connectivity index (χ2n) is 5.56. The number of aromatic nitrogens is 1. The zero-order chi connectivity index (χ0) is 12.8. The van der Waals surface area contributed by atoms with Crippen LogP contribution in [0.4, 0.5) is 5.69 Å². The Labute approximate surface area is 105 Å². The first-order valence-electron chi connectivity index (χ1n) is 6.40. The lowest BCUT2D eigenvalue weighted by atomic mass is 10.1. The summed E-state index contributed by atoms with van der Waals surface area (Å²) in [7, 11) is 0. The van der Waals surface area contributed by atoms with Crippen molar-refractivity contribution in [3.8, 4) is 0 Å². The number of nitrogen functional groups attached to an aromatic ring is 1. The van der Waals surface area contributed by atoms with Gasteiger partial charge in [-0.3, -0.25) is 9.88 Å². The Balaban J connectivity index is 2.64. The average Bonchev–Trinajstić information content (AvgIpc) is 2.14. The van der Waals surface area contributed by atoms with Gasteiger partial charge in [-0.15, -0.1) is 0 Å². The third-order valence-corrected chi connectivity index (χ3v) is 2.47. The monoisotopic (exact) mass is 235 g/mol. The van der Waals surface area contributed by atoms with Crippen molar-refractivity contribution >= 4 is 5.69 Å². The molecule has 2 N–H and O–H groups in total. The van der Waals surface area contributed by atoms with Gasteiger partial charge in [0.25, 0.3) is 0 Å². The Hall–Kier alpha value is -1.09. The molecule has 1 aromatic rings. The van der Waals surface area contributed by atoms with Crippen LogP contribution in [0, 0.1) is 11.8 Å². The molecule has 0 fully saturated rings. The summed E-state index contributed by atoms with van der Waals surface area (Å²) in [6, 6.07) is 3.80. The molecule has 0 aromatic carbocycles. The summed E-state index contributed by atoms with van der Waals surface area (Å²) >= 11 is 0. The number of anilines is 1. The van der Waals surface area contributed by atoms with Crippen LogP contribution in [0.1, 0.15) is 33.4 Å². The summed E-state index contributed by atoms with van der Waals surface area (Å²) in [5, 5.41) is 0. The largest absolute Gasteiger partial charge is 0.399 e. The number of nitrogens with two attached hydrogens (primary N) is 1. The normalized spacial score (nSPS) is 11.7. The van der Waals surface area contributed by atoms with Crippen LogP contribution in [0.25, 0.3) is 0 Å². The van der Waals surface area contributed by atoms with E-state index in [9.17, 15) is 0 Å². The first-order chi connectivity index (χ1) is 7.97. The van der Waals surface area contributed by atoms with E-state index in [1.54, 1.807) is 6.20 Å². The Morgan fingerprint density at radius 1 is 1.18 bits per heavy atom. The molecule has 0 radical (unpaired) electrons. The molecule has 1 heterocycles. The Morgan fingerprint density at radius 2 is 1.76 bits per heavy atom. The minimum atomic E-state index is 0.676. The van der Waals surface area contributed by atoms with Crippen molar-refractivity contribution in [2.75, 3.05) is 18.8 Å². The molecule has 96 valence electrons. The Bertz CT molecular complexity index is 324. The van der Waals surface area contributed by atoms with Gasteiger partial charge in [0.05, 0.1) is 5.69 Å². The molecule has 1 rings (SSSR count). The highest BCUT2D eigenvalue weighted by molar-refractivity contribution is 5.37.